The first-order chi connectivity index (χ1) is 11.6. The second kappa shape index (κ2) is 8.98. The number of anilines is 1. The van der Waals surface area contributed by atoms with E-state index in [9.17, 15) is 9.90 Å². The molecule has 0 fully saturated rings. The Morgan fingerprint density at radius 2 is 2.04 bits per heavy atom. The largest absolute Gasteiger partial charge is 0.383 e. The molecule has 2 aromatic heterocycles. The Morgan fingerprint density at radius 3 is 2.75 bits per heavy atom. The molecule has 2 rings (SSSR count). The summed E-state index contributed by atoms with van der Waals surface area (Å²) in [5.74, 6) is 0.461. The molecule has 0 radical (unpaired) electrons. The summed E-state index contributed by atoms with van der Waals surface area (Å²) in [7, 11) is 1.97. The van der Waals surface area contributed by atoms with Gasteiger partial charge in [-0.15, -0.1) is 0 Å². The highest BCUT2D eigenvalue weighted by atomic mass is 16.3. The highest BCUT2D eigenvalue weighted by Crippen LogP contribution is 2.16. The Morgan fingerprint density at radius 1 is 1.25 bits per heavy atom. The van der Waals surface area contributed by atoms with Crippen LogP contribution in [0.1, 0.15) is 24.6 Å². The van der Waals surface area contributed by atoms with E-state index < -0.39 is 6.10 Å². The minimum atomic E-state index is -0.966. The van der Waals surface area contributed by atoms with Crippen LogP contribution in [0.5, 0.6) is 0 Å². The van der Waals surface area contributed by atoms with Gasteiger partial charge in [-0.25, -0.2) is 4.98 Å². The van der Waals surface area contributed by atoms with Crippen LogP contribution < -0.4 is 10.2 Å². The van der Waals surface area contributed by atoms with E-state index in [1.54, 1.807) is 19.3 Å². The van der Waals surface area contributed by atoms with Gasteiger partial charge in [0.15, 0.2) is 0 Å². The first kappa shape index (κ1) is 17.9. The number of hydrogen-bond acceptors (Lipinski definition) is 5. The number of nitrogens with zero attached hydrogens (tertiary/aromatic N) is 3. The Balaban J connectivity index is 1.98. The molecular formula is C18H24N4O2. The lowest BCUT2D eigenvalue weighted by atomic mass is 10.2. The molecule has 1 atom stereocenters. The Bertz CT molecular complexity index is 648. The number of hydrogen-bond donors (Lipinski definition) is 2. The van der Waals surface area contributed by atoms with Gasteiger partial charge in [0.1, 0.15) is 11.9 Å². The van der Waals surface area contributed by atoms with E-state index in [1.807, 2.05) is 42.3 Å². The summed E-state index contributed by atoms with van der Waals surface area (Å²) in [6.07, 6.45) is 3.77. The van der Waals surface area contributed by atoms with Crippen molar-refractivity contribution in [3.63, 3.8) is 0 Å². The van der Waals surface area contributed by atoms with Crippen LogP contribution in [-0.4, -0.2) is 40.7 Å². The molecule has 24 heavy (non-hydrogen) atoms. The molecule has 0 bridgehead atoms. The van der Waals surface area contributed by atoms with Crippen LogP contribution in [0.4, 0.5) is 5.82 Å². The number of aromatic nitrogens is 2. The van der Waals surface area contributed by atoms with Crippen LogP contribution in [0.3, 0.4) is 0 Å². The second-order valence-corrected chi connectivity index (χ2v) is 5.62. The highest BCUT2D eigenvalue weighted by molar-refractivity contribution is 5.80. The lowest BCUT2D eigenvalue weighted by Crippen LogP contribution is -2.34. The van der Waals surface area contributed by atoms with Crippen molar-refractivity contribution in [2.45, 2.75) is 32.4 Å². The van der Waals surface area contributed by atoms with Crippen molar-refractivity contribution in [3.05, 3.63) is 54.0 Å². The third-order valence-corrected chi connectivity index (χ3v) is 3.80. The maximum absolute atomic E-state index is 11.7. The summed E-state index contributed by atoms with van der Waals surface area (Å²) < 4.78 is 0. The lowest BCUT2D eigenvalue weighted by Gasteiger charge is -2.21. The molecule has 0 saturated heterocycles. The molecule has 128 valence electrons. The van der Waals surface area contributed by atoms with E-state index in [2.05, 4.69) is 15.3 Å². The van der Waals surface area contributed by atoms with Crippen LogP contribution in [0.2, 0.25) is 0 Å². The molecule has 0 aliphatic carbocycles. The van der Waals surface area contributed by atoms with E-state index >= 15 is 0 Å². The first-order valence-electron chi connectivity index (χ1n) is 8.12. The number of carbonyl (C=O) groups is 1. The van der Waals surface area contributed by atoms with Gasteiger partial charge in [0, 0.05) is 50.2 Å². The molecule has 0 aliphatic rings. The van der Waals surface area contributed by atoms with Crippen LogP contribution in [0.15, 0.2) is 42.7 Å². The summed E-state index contributed by atoms with van der Waals surface area (Å²) >= 11 is 0. The monoisotopic (exact) mass is 328 g/mol. The molecule has 1 amide bonds. The molecule has 2 N–H and O–H groups in total. The fourth-order valence-electron chi connectivity index (χ4n) is 2.33. The van der Waals surface area contributed by atoms with Gasteiger partial charge < -0.3 is 15.3 Å². The first-order valence-corrected chi connectivity index (χ1v) is 8.12. The standard InChI is InChI=1S/C18H24N4O2/c1-3-16(23)18(24)21-13-14-7-6-11-20-17(14)22(2)12-9-15-8-4-5-10-19-15/h4-8,10-11,16,23H,3,9,12-13H2,1-2H3,(H,21,24)/t16-/m0/s1. The van der Waals surface area contributed by atoms with Crippen LogP contribution >= 0.6 is 0 Å². The quantitative estimate of drug-likeness (QED) is 0.768. The zero-order chi connectivity index (χ0) is 17.4. The molecule has 6 heteroatoms. The molecule has 2 heterocycles. The molecule has 0 saturated carbocycles. The van der Waals surface area contributed by atoms with E-state index in [0.29, 0.717) is 13.0 Å². The van der Waals surface area contributed by atoms with Gasteiger partial charge in [-0.2, -0.15) is 0 Å². The highest BCUT2D eigenvalue weighted by Gasteiger charge is 2.14. The number of amides is 1. The molecule has 0 unspecified atom stereocenters. The number of aliphatic hydroxyl groups excluding tert-OH is 1. The average Bonchev–Trinajstić information content (AvgIpc) is 2.64. The van der Waals surface area contributed by atoms with Crippen LogP contribution in [0.25, 0.3) is 0 Å². The Hall–Kier alpha value is -2.47. The third kappa shape index (κ3) is 5.03. The summed E-state index contributed by atoms with van der Waals surface area (Å²) in [6, 6.07) is 9.64. The van der Waals surface area contributed by atoms with E-state index in [4.69, 9.17) is 0 Å². The molecule has 2 aromatic rings. The zero-order valence-corrected chi connectivity index (χ0v) is 14.1. The van der Waals surface area contributed by atoms with Crippen molar-refractivity contribution >= 4 is 11.7 Å². The SMILES string of the molecule is CC[C@H](O)C(=O)NCc1cccnc1N(C)CCc1ccccn1. The van der Waals surface area contributed by atoms with Gasteiger partial charge >= 0.3 is 0 Å². The lowest BCUT2D eigenvalue weighted by molar-refractivity contribution is -0.129. The van der Waals surface area contributed by atoms with Crippen molar-refractivity contribution in [1.29, 1.82) is 0 Å². The normalized spacial score (nSPS) is 11.8. The Labute approximate surface area is 142 Å². The third-order valence-electron chi connectivity index (χ3n) is 3.80. The maximum Gasteiger partial charge on any atom is 0.249 e. The number of rotatable bonds is 8. The number of likely N-dealkylation sites (N-methyl/N-ethyl adjacent to an activating group) is 1. The number of pyridine rings is 2. The minimum Gasteiger partial charge on any atom is -0.383 e. The molecular weight excluding hydrogens is 304 g/mol. The van der Waals surface area contributed by atoms with Crippen molar-refractivity contribution < 1.29 is 9.90 Å². The van der Waals surface area contributed by atoms with E-state index in [-0.39, 0.29) is 5.91 Å². The summed E-state index contributed by atoms with van der Waals surface area (Å²) in [5, 5.41) is 12.3. The number of aliphatic hydroxyl groups is 1. The molecule has 0 aromatic carbocycles. The maximum atomic E-state index is 11.7. The van der Waals surface area contributed by atoms with Gasteiger partial charge in [0.2, 0.25) is 5.91 Å². The van der Waals surface area contributed by atoms with Crippen molar-refractivity contribution in [2.75, 3.05) is 18.5 Å². The van der Waals surface area contributed by atoms with Gasteiger partial charge in [-0.05, 0) is 24.6 Å². The van der Waals surface area contributed by atoms with Crippen molar-refractivity contribution in [2.24, 2.45) is 0 Å². The van der Waals surface area contributed by atoms with Gasteiger partial charge in [-0.3, -0.25) is 9.78 Å². The molecule has 6 nitrogen and oxygen atoms in total. The number of carbonyl (C=O) groups excluding carboxylic acids is 1. The Kier molecular flexibility index (Phi) is 6.69. The van der Waals surface area contributed by atoms with E-state index in [1.165, 1.54) is 0 Å². The molecule has 0 spiro atoms. The van der Waals surface area contributed by atoms with Gasteiger partial charge in [0.05, 0.1) is 0 Å². The summed E-state index contributed by atoms with van der Waals surface area (Å²) in [6.45, 7) is 2.88. The summed E-state index contributed by atoms with van der Waals surface area (Å²) in [4.78, 5) is 22.5. The average molecular weight is 328 g/mol. The van der Waals surface area contributed by atoms with Crippen LogP contribution in [-0.2, 0) is 17.8 Å². The van der Waals surface area contributed by atoms with Gasteiger partial charge in [-0.1, -0.05) is 19.1 Å². The fourth-order valence-corrected chi connectivity index (χ4v) is 2.33. The topological polar surface area (TPSA) is 78.3 Å². The van der Waals surface area contributed by atoms with Crippen LogP contribution in [0, 0.1) is 0 Å². The molecule has 0 aliphatic heterocycles. The van der Waals surface area contributed by atoms with Crippen molar-refractivity contribution in [3.8, 4) is 0 Å². The zero-order valence-electron chi connectivity index (χ0n) is 14.1. The second-order valence-electron chi connectivity index (χ2n) is 5.62. The smallest absolute Gasteiger partial charge is 0.249 e. The van der Waals surface area contributed by atoms with Gasteiger partial charge in [0.25, 0.3) is 0 Å². The van der Waals surface area contributed by atoms with Crippen molar-refractivity contribution in [1.82, 2.24) is 15.3 Å². The van der Waals surface area contributed by atoms with E-state index in [0.717, 1.165) is 30.0 Å². The summed E-state index contributed by atoms with van der Waals surface area (Å²) in [5.41, 5.74) is 1.94. The fraction of sp³-hybridized carbons (Fsp3) is 0.389. The predicted molar refractivity (Wildman–Crippen MR) is 93.6 cm³/mol. The number of nitrogens with one attached hydrogen (secondary N) is 1. The predicted octanol–water partition coefficient (Wildman–Crippen LogP) is 1.54. The minimum absolute atomic E-state index is 0.340.